The van der Waals surface area contributed by atoms with Gasteiger partial charge in [-0.3, -0.25) is 4.79 Å². The van der Waals surface area contributed by atoms with E-state index in [4.69, 9.17) is 20.8 Å². The number of carbonyl (C=O) groups excluding carboxylic acids is 1. The summed E-state index contributed by atoms with van der Waals surface area (Å²) >= 11 is 6.23. The highest BCUT2D eigenvalue weighted by molar-refractivity contribution is 6.31. The first-order chi connectivity index (χ1) is 14.2. The predicted molar refractivity (Wildman–Crippen MR) is 109 cm³/mol. The number of nitrogens with zero attached hydrogens (tertiary/aromatic N) is 3. The van der Waals surface area contributed by atoms with E-state index in [9.17, 15) is 4.79 Å². The number of methoxy groups -OCH3 is 1. The van der Waals surface area contributed by atoms with E-state index >= 15 is 0 Å². The van der Waals surface area contributed by atoms with Crippen molar-refractivity contribution in [3.05, 3.63) is 83.1 Å². The lowest BCUT2D eigenvalue weighted by Gasteiger charge is -2.10. The van der Waals surface area contributed by atoms with Gasteiger partial charge in [-0.15, -0.1) is 5.10 Å². The summed E-state index contributed by atoms with van der Waals surface area (Å²) < 4.78 is 11.9. The highest BCUT2D eigenvalue weighted by atomic mass is 35.5. The molecule has 4 aromatic rings. The zero-order valence-corrected chi connectivity index (χ0v) is 16.3. The van der Waals surface area contributed by atoms with Crippen molar-refractivity contribution in [2.45, 2.75) is 6.54 Å². The van der Waals surface area contributed by atoms with Gasteiger partial charge in [0.2, 0.25) is 11.8 Å². The summed E-state index contributed by atoms with van der Waals surface area (Å²) in [4.78, 5) is 17.6. The second-order valence-electron chi connectivity index (χ2n) is 6.10. The molecule has 7 nitrogen and oxygen atoms in total. The molecule has 2 aromatic heterocycles. The Morgan fingerprint density at radius 3 is 2.69 bits per heavy atom. The summed E-state index contributed by atoms with van der Waals surface area (Å²) in [6.07, 6.45) is 1.52. The van der Waals surface area contributed by atoms with Gasteiger partial charge in [0.15, 0.2) is 5.76 Å². The van der Waals surface area contributed by atoms with Crippen LogP contribution in [0.2, 0.25) is 5.02 Å². The summed E-state index contributed by atoms with van der Waals surface area (Å²) in [7, 11) is 1.51. The molecule has 146 valence electrons. The molecule has 4 rings (SSSR count). The predicted octanol–water partition coefficient (Wildman–Crippen LogP) is 4.50. The van der Waals surface area contributed by atoms with Gasteiger partial charge in [0.25, 0.3) is 5.91 Å². The van der Waals surface area contributed by atoms with Crippen LogP contribution in [-0.4, -0.2) is 27.8 Å². The summed E-state index contributed by atoms with van der Waals surface area (Å²) in [5, 5.41) is 8.11. The second-order valence-corrected chi connectivity index (χ2v) is 6.51. The number of furan rings is 1. The largest absolute Gasteiger partial charge is 0.496 e. The maximum absolute atomic E-state index is 13.2. The van der Waals surface area contributed by atoms with Crippen molar-refractivity contribution in [3.8, 4) is 17.3 Å². The highest BCUT2D eigenvalue weighted by Gasteiger charge is 2.22. The average molecular weight is 409 g/mol. The van der Waals surface area contributed by atoms with Crippen molar-refractivity contribution in [1.82, 2.24) is 14.8 Å². The maximum Gasteiger partial charge on any atom is 0.285 e. The lowest BCUT2D eigenvalue weighted by Crippen LogP contribution is -2.18. The Morgan fingerprint density at radius 2 is 1.93 bits per heavy atom. The SMILES string of the molecule is COc1ccccc1C(=O)n1nc(-c2ccco2)nc1NCc1ccccc1Cl. The number of benzene rings is 2. The molecule has 0 aliphatic carbocycles. The zero-order valence-electron chi connectivity index (χ0n) is 15.5. The van der Waals surface area contributed by atoms with Gasteiger partial charge in [-0.1, -0.05) is 41.9 Å². The number of carbonyl (C=O) groups is 1. The van der Waals surface area contributed by atoms with Crippen LogP contribution in [0.4, 0.5) is 5.95 Å². The number of rotatable bonds is 6. The standard InChI is InChI=1S/C21H17ClN4O3/c1-28-17-10-5-3-8-15(17)20(27)26-21(23-13-14-7-2-4-9-16(14)22)24-19(25-26)18-11-6-12-29-18/h2-12H,13H2,1H3,(H,23,24,25). The molecular formula is C21H17ClN4O3. The lowest BCUT2D eigenvalue weighted by molar-refractivity contribution is 0.0944. The van der Waals surface area contributed by atoms with Gasteiger partial charge >= 0.3 is 0 Å². The molecule has 0 amide bonds. The average Bonchev–Trinajstić information content (AvgIpc) is 3.42. The number of aromatic nitrogens is 3. The number of anilines is 1. The fraction of sp³-hybridized carbons (Fsp3) is 0.0952. The fourth-order valence-electron chi connectivity index (χ4n) is 2.83. The molecule has 29 heavy (non-hydrogen) atoms. The van der Waals surface area contributed by atoms with E-state index in [-0.39, 0.29) is 11.9 Å². The van der Waals surface area contributed by atoms with Crippen LogP contribution in [0.3, 0.4) is 0 Å². The zero-order chi connectivity index (χ0) is 20.2. The molecule has 0 unspecified atom stereocenters. The minimum atomic E-state index is -0.380. The third kappa shape index (κ3) is 3.86. The third-order valence-electron chi connectivity index (χ3n) is 4.27. The van der Waals surface area contributed by atoms with Crippen LogP contribution in [0, 0.1) is 0 Å². The van der Waals surface area contributed by atoms with Gasteiger partial charge in [-0.25, -0.2) is 0 Å². The molecule has 0 aliphatic heterocycles. The first kappa shape index (κ1) is 18.8. The van der Waals surface area contributed by atoms with E-state index in [1.165, 1.54) is 18.1 Å². The maximum atomic E-state index is 13.2. The Balaban J connectivity index is 1.71. The molecule has 0 saturated heterocycles. The van der Waals surface area contributed by atoms with Crippen molar-refractivity contribution in [1.29, 1.82) is 0 Å². The van der Waals surface area contributed by atoms with Crippen molar-refractivity contribution < 1.29 is 13.9 Å². The number of hydrogen-bond acceptors (Lipinski definition) is 6. The molecule has 0 atom stereocenters. The van der Waals surface area contributed by atoms with Gasteiger partial charge in [0, 0.05) is 11.6 Å². The normalized spacial score (nSPS) is 10.7. The van der Waals surface area contributed by atoms with E-state index in [0.29, 0.717) is 34.5 Å². The van der Waals surface area contributed by atoms with E-state index < -0.39 is 0 Å². The van der Waals surface area contributed by atoms with Gasteiger partial charge in [-0.2, -0.15) is 9.67 Å². The van der Waals surface area contributed by atoms with Crippen LogP contribution >= 0.6 is 11.6 Å². The van der Waals surface area contributed by atoms with Crippen LogP contribution < -0.4 is 10.1 Å². The van der Waals surface area contributed by atoms with E-state index in [2.05, 4.69) is 15.4 Å². The van der Waals surface area contributed by atoms with Crippen LogP contribution in [0.25, 0.3) is 11.6 Å². The van der Waals surface area contributed by atoms with Crippen molar-refractivity contribution in [2.24, 2.45) is 0 Å². The van der Waals surface area contributed by atoms with Crippen LogP contribution in [0.15, 0.2) is 71.3 Å². The molecule has 0 radical (unpaired) electrons. The van der Waals surface area contributed by atoms with Crippen molar-refractivity contribution in [3.63, 3.8) is 0 Å². The first-order valence-corrected chi connectivity index (χ1v) is 9.21. The Kier molecular flexibility index (Phi) is 5.31. The van der Waals surface area contributed by atoms with Crippen molar-refractivity contribution in [2.75, 3.05) is 12.4 Å². The van der Waals surface area contributed by atoms with Crippen molar-refractivity contribution >= 4 is 23.5 Å². The Labute approximate surface area is 171 Å². The minimum absolute atomic E-state index is 0.271. The summed E-state index contributed by atoms with van der Waals surface area (Å²) in [5.74, 6) is 1.09. The van der Waals surface area contributed by atoms with Crippen LogP contribution in [-0.2, 0) is 6.54 Å². The molecule has 0 saturated carbocycles. The van der Waals surface area contributed by atoms with Gasteiger partial charge < -0.3 is 14.5 Å². The molecular weight excluding hydrogens is 392 g/mol. The summed E-state index contributed by atoms with van der Waals surface area (Å²) in [6, 6.07) is 17.8. The van der Waals surface area contributed by atoms with E-state index in [1.54, 1.807) is 42.5 Å². The first-order valence-electron chi connectivity index (χ1n) is 8.83. The van der Waals surface area contributed by atoms with Crippen LogP contribution in [0.5, 0.6) is 5.75 Å². The quantitative estimate of drug-likeness (QED) is 0.505. The summed E-state index contributed by atoms with van der Waals surface area (Å²) in [5.41, 5.74) is 1.24. The molecule has 0 spiro atoms. The molecule has 1 N–H and O–H groups in total. The molecule has 2 heterocycles. The lowest BCUT2D eigenvalue weighted by atomic mass is 10.2. The molecule has 2 aromatic carbocycles. The molecule has 0 aliphatic rings. The Morgan fingerprint density at radius 1 is 1.14 bits per heavy atom. The highest BCUT2D eigenvalue weighted by Crippen LogP contribution is 2.24. The third-order valence-corrected chi connectivity index (χ3v) is 4.64. The van der Waals surface area contributed by atoms with E-state index in [1.807, 2.05) is 18.2 Å². The van der Waals surface area contributed by atoms with Gasteiger partial charge in [0.1, 0.15) is 5.75 Å². The number of para-hydroxylation sites is 1. The van der Waals surface area contributed by atoms with E-state index in [0.717, 1.165) is 5.56 Å². The number of halogens is 1. The number of hydrogen-bond donors (Lipinski definition) is 1. The van der Waals surface area contributed by atoms with Gasteiger partial charge in [0.05, 0.1) is 18.9 Å². The molecule has 0 fully saturated rings. The van der Waals surface area contributed by atoms with Crippen LogP contribution in [0.1, 0.15) is 15.9 Å². The monoisotopic (exact) mass is 408 g/mol. The Bertz CT molecular complexity index is 1140. The fourth-order valence-corrected chi connectivity index (χ4v) is 3.03. The molecule has 8 heteroatoms. The Hall–Kier alpha value is -3.58. The smallest absolute Gasteiger partial charge is 0.285 e. The molecule has 0 bridgehead atoms. The number of ether oxygens (including phenoxy) is 1. The van der Waals surface area contributed by atoms with Gasteiger partial charge in [-0.05, 0) is 35.9 Å². The number of nitrogens with one attached hydrogen (secondary N) is 1. The second kappa shape index (κ2) is 8.20. The topological polar surface area (TPSA) is 82.2 Å². The summed E-state index contributed by atoms with van der Waals surface area (Å²) in [6.45, 7) is 0.370. The minimum Gasteiger partial charge on any atom is -0.496 e.